The molecule has 0 spiro atoms. The first-order valence-corrected chi connectivity index (χ1v) is 6.77. The summed E-state index contributed by atoms with van der Waals surface area (Å²) in [5, 5.41) is 3.42. The molecule has 0 aromatic carbocycles. The number of methoxy groups -OCH3 is 2. The third-order valence-corrected chi connectivity index (χ3v) is 3.35. The van der Waals surface area contributed by atoms with Gasteiger partial charge in [0, 0.05) is 39.8 Å². The lowest BCUT2D eigenvalue weighted by molar-refractivity contribution is -0.132. The molecule has 0 bridgehead atoms. The molecule has 1 heterocycles. The van der Waals surface area contributed by atoms with E-state index in [1.54, 1.807) is 14.2 Å². The highest BCUT2D eigenvalue weighted by Gasteiger charge is 2.18. The maximum absolute atomic E-state index is 12.1. The van der Waals surface area contributed by atoms with Gasteiger partial charge in [0.15, 0.2) is 0 Å². The minimum Gasteiger partial charge on any atom is -0.383 e. The van der Waals surface area contributed by atoms with Gasteiger partial charge in [0.05, 0.1) is 13.2 Å². The number of amides is 1. The predicted molar refractivity (Wildman–Crippen MR) is 70.6 cm³/mol. The lowest BCUT2D eigenvalue weighted by Gasteiger charge is -2.22. The number of nitrogens with one attached hydrogen (secondary N) is 1. The lowest BCUT2D eigenvalue weighted by atomic mass is 10.1. The molecule has 0 aromatic heterocycles. The molecule has 5 nitrogen and oxygen atoms in total. The van der Waals surface area contributed by atoms with E-state index in [-0.39, 0.29) is 5.91 Å². The Hall–Kier alpha value is -0.650. The quantitative estimate of drug-likeness (QED) is 0.659. The zero-order chi connectivity index (χ0) is 13.2. The number of hydrogen-bond acceptors (Lipinski definition) is 4. The van der Waals surface area contributed by atoms with Crippen LogP contribution in [0.5, 0.6) is 0 Å². The van der Waals surface area contributed by atoms with E-state index in [1.165, 1.54) is 12.8 Å². The molecule has 0 aromatic rings. The van der Waals surface area contributed by atoms with Crippen LogP contribution in [0.25, 0.3) is 0 Å². The van der Waals surface area contributed by atoms with E-state index >= 15 is 0 Å². The fraction of sp³-hybridized carbons (Fsp3) is 0.923. The van der Waals surface area contributed by atoms with Crippen LogP contribution in [0.3, 0.4) is 0 Å². The van der Waals surface area contributed by atoms with E-state index in [0.29, 0.717) is 38.8 Å². The van der Waals surface area contributed by atoms with Gasteiger partial charge in [-0.15, -0.1) is 0 Å². The Bertz CT molecular complexity index is 222. The smallest absolute Gasteiger partial charge is 0.222 e. The summed E-state index contributed by atoms with van der Waals surface area (Å²) in [6, 6.07) is 0.528. The predicted octanol–water partition coefficient (Wildman–Crippen LogP) is 0.640. The summed E-state index contributed by atoms with van der Waals surface area (Å²) >= 11 is 0. The van der Waals surface area contributed by atoms with Crippen LogP contribution in [0, 0.1) is 0 Å². The van der Waals surface area contributed by atoms with Crippen molar-refractivity contribution in [3.63, 3.8) is 0 Å². The minimum atomic E-state index is 0.206. The molecule has 1 amide bonds. The number of ether oxygens (including phenoxy) is 2. The van der Waals surface area contributed by atoms with Crippen molar-refractivity contribution in [2.24, 2.45) is 0 Å². The molecular weight excluding hydrogens is 232 g/mol. The molecular formula is C13H26N2O3. The molecule has 5 heteroatoms. The van der Waals surface area contributed by atoms with Crippen molar-refractivity contribution in [2.75, 3.05) is 47.1 Å². The molecule has 0 saturated carbocycles. The Morgan fingerprint density at radius 1 is 1.28 bits per heavy atom. The highest BCUT2D eigenvalue weighted by atomic mass is 16.5. The van der Waals surface area contributed by atoms with Gasteiger partial charge in [-0.05, 0) is 25.8 Å². The Labute approximate surface area is 110 Å². The number of nitrogens with zero attached hydrogens (tertiary/aromatic N) is 1. The normalized spacial score (nSPS) is 19.1. The Balaban J connectivity index is 2.27. The lowest BCUT2D eigenvalue weighted by Crippen LogP contribution is -2.37. The second-order valence-electron chi connectivity index (χ2n) is 4.70. The summed E-state index contributed by atoms with van der Waals surface area (Å²) in [5.41, 5.74) is 0. The van der Waals surface area contributed by atoms with Gasteiger partial charge in [0.1, 0.15) is 0 Å². The van der Waals surface area contributed by atoms with Crippen LogP contribution in [-0.4, -0.2) is 63.9 Å². The highest BCUT2D eigenvalue weighted by Crippen LogP contribution is 2.11. The molecule has 1 aliphatic heterocycles. The van der Waals surface area contributed by atoms with Crippen molar-refractivity contribution in [3.05, 3.63) is 0 Å². The Kier molecular flexibility index (Phi) is 7.96. The second-order valence-corrected chi connectivity index (χ2v) is 4.70. The van der Waals surface area contributed by atoms with Crippen molar-refractivity contribution in [1.82, 2.24) is 10.2 Å². The summed E-state index contributed by atoms with van der Waals surface area (Å²) < 4.78 is 10.1. The zero-order valence-corrected chi connectivity index (χ0v) is 11.6. The standard InChI is InChI=1S/C13H26N2O3/c1-17-10-8-15(9-11-18-2)13(16)6-5-12-4-3-7-14-12/h12,14H,3-11H2,1-2H3. The van der Waals surface area contributed by atoms with Crippen LogP contribution in [0.15, 0.2) is 0 Å². The summed E-state index contributed by atoms with van der Waals surface area (Å²) in [4.78, 5) is 13.9. The van der Waals surface area contributed by atoms with Gasteiger partial charge in [-0.1, -0.05) is 0 Å². The number of carbonyl (C=O) groups is 1. The maximum Gasteiger partial charge on any atom is 0.222 e. The zero-order valence-electron chi connectivity index (χ0n) is 11.6. The third-order valence-electron chi connectivity index (χ3n) is 3.35. The molecule has 1 aliphatic rings. The maximum atomic E-state index is 12.1. The van der Waals surface area contributed by atoms with Crippen molar-refractivity contribution in [2.45, 2.75) is 31.7 Å². The first-order valence-electron chi connectivity index (χ1n) is 6.77. The third kappa shape index (κ3) is 5.80. The first kappa shape index (κ1) is 15.4. The fourth-order valence-corrected chi connectivity index (χ4v) is 2.22. The number of rotatable bonds is 9. The van der Waals surface area contributed by atoms with Crippen molar-refractivity contribution < 1.29 is 14.3 Å². The van der Waals surface area contributed by atoms with Gasteiger partial charge in [-0.3, -0.25) is 4.79 Å². The second kappa shape index (κ2) is 9.30. The van der Waals surface area contributed by atoms with Crippen LogP contribution in [0.2, 0.25) is 0 Å². The van der Waals surface area contributed by atoms with Crippen LogP contribution in [0.4, 0.5) is 0 Å². The SMILES string of the molecule is COCCN(CCOC)C(=O)CCC1CCCN1. The Morgan fingerprint density at radius 2 is 1.94 bits per heavy atom. The molecule has 1 unspecified atom stereocenters. The van der Waals surface area contributed by atoms with E-state index < -0.39 is 0 Å². The van der Waals surface area contributed by atoms with Gasteiger partial charge in [-0.25, -0.2) is 0 Å². The summed E-state index contributed by atoms with van der Waals surface area (Å²) in [6.45, 7) is 3.55. The highest BCUT2D eigenvalue weighted by molar-refractivity contribution is 5.76. The Morgan fingerprint density at radius 3 is 2.44 bits per heavy atom. The summed E-state index contributed by atoms with van der Waals surface area (Å²) in [6.07, 6.45) is 3.99. The largest absolute Gasteiger partial charge is 0.383 e. The fourth-order valence-electron chi connectivity index (χ4n) is 2.22. The molecule has 1 saturated heterocycles. The van der Waals surface area contributed by atoms with Crippen molar-refractivity contribution in [1.29, 1.82) is 0 Å². The van der Waals surface area contributed by atoms with Gasteiger partial charge < -0.3 is 19.7 Å². The molecule has 1 N–H and O–H groups in total. The molecule has 1 fully saturated rings. The summed E-state index contributed by atoms with van der Waals surface area (Å²) in [7, 11) is 3.31. The molecule has 0 aliphatic carbocycles. The van der Waals surface area contributed by atoms with Gasteiger partial charge >= 0.3 is 0 Å². The van der Waals surface area contributed by atoms with E-state index in [4.69, 9.17) is 9.47 Å². The van der Waals surface area contributed by atoms with Crippen molar-refractivity contribution >= 4 is 5.91 Å². The molecule has 1 atom stereocenters. The average Bonchev–Trinajstić information content (AvgIpc) is 2.89. The van der Waals surface area contributed by atoms with E-state index in [1.807, 2.05) is 4.90 Å². The monoisotopic (exact) mass is 258 g/mol. The molecule has 0 radical (unpaired) electrons. The van der Waals surface area contributed by atoms with Crippen LogP contribution in [0.1, 0.15) is 25.7 Å². The van der Waals surface area contributed by atoms with Crippen molar-refractivity contribution in [3.8, 4) is 0 Å². The van der Waals surface area contributed by atoms with E-state index in [2.05, 4.69) is 5.32 Å². The molecule has 106 valence electrons. The summed E-state index contributed by atoms with van der Waals surface area (Å²) in [5.74, 6) is 0.206. The topological polar surface area (TPSA) is 50.8 Å². The molecule has 18 heavy (non-hydrogen) atoms. The first-order chi connectivity index (χ1) is 8.77. The number of hydrogen-bond donors (Lipinski definition) is 1. The van der Waals surface area contributed by atoms with Crippen LogP contribution >= 0.6 is 0 Å². The van der Waals surface area contributed by atoms with Crippen LogP contribution in [-0.2, 0) is 14.3 Å². The van der Waals surface area contributed by atoms with Gasteiger partial charge in [0.25, 0.3) is 0 Å². The van der Waals surface area contributed by atoms with E-state index in [9.17, 15) is 4.79 Å². The average molecular weight is 258 g/mol. The van der Waals surface area contributed by atoms with E-state index in [0.717, 1.165) is 13.0 Å². The van der Waals surface area contributed by atoms with Gasteiger partial charge in [-0.2, -0.15) is 0 Å². The van der Waals surface area contributed by atoms with Gasteiger partial charge in [0.2, 0.25) is 5.91 Å². The minimum absolute atomic E-state index is 0.206. The number of carbonyl (C=O) groups excluding carboxylic acids is 1. The molecule has 1 rings (SSSR count). The van der Waals surface area contributed by atoms with Crippen LogP contribution < -0.4 is 5.32 Å².